The van der Waals surface area contributed by atoms with E-state index in [1.54, 1.807) is 6.20 Å². The normalized spacial score (nSPS) is 17.3. The molecule has 2 aromatic rings. The maximum absolute atomic E-state index is 11.9. The van der Waals surface area contributed by atoms with Crippen LogP contribution in [0.2, 0.25) is 0 Å². The fourth-order valence-electron chi connectivity index (χ4n) is 2.94. The van der Waals surface area contributed by atoms with Crippen LogP contribution < -0.4 is 10.6 Å². The van der Waals surface area contributed by atoms with Crippen molar-refractivity contribution in [3.05, 3.63) is 54.1 Å². The summed E-state index contributed by atoms with van der Waals surface area (Å²) in [7, 11) is 0. The molecule has 5 nitrogen and oxygen atoms in total. The Bertz CT molecular complexity index is 600. The third kappa shape index (κ3) is 4.93. The maximum atomic E-state index is 11.9. The predicted molar refractivity (Wildman–Crippen MR) is 89.8 cm³/mol. The number of hydrogen-bond donors (Lipinski definition) is 2. The summed E-state index contributed by atoms with van der Waals surface area (Å²) in [5, 5.41) is 6.35. The lowest BCUT2D eigenvalue weighted by molar-refractivity contribution is -0.121. The van der Waals surface area contributed by atoms with Crippen molar-refractivity contribution in [1.82, 2.24) is 20.2 Å². The van der Waals surface area contributed by atoms with Crippen LogP contribution >= 0.6 is 0 Å². The summed E-state index contributed by atoms with van der Waals surface area (Å²) in [5.41, 5.74) is 2.36. The molecular formula is C18H24N4O. The highest BCUT2D eigenvalue weighted by Crippen LogP contribution is 2.14. The number of nitrogens with one attached hydrogen (secondary N) is 2. The molecule has 3 rings (SSSR count). The van der Waals surface area contributed by atoms with Crippen LogP contribution in [0.1, 0.15) is 30.4 Å². The third-order valence-electron chi connectivity index (χ3n) is 4.38. The zero-order valence-corrected chi connectivity index (χ0v) is 13.4. The van der Waals surface area contributed by atoms with Crippen molar-refractivity contribution in [3.63, 3.8) is 0 Å². The van der Waals surface area contributed by atoms with E-state index in [1.807, 2.05) is 17.1 Å². The predicted octanol–water partition coefficient (Wildman–Crippen LogP) is 1.94. The van der Waals surface area contributed by atoms with E-state index in [1.165, 1.54) is 12.0 Å². The molecule has 5 heteroatoms. The van der Waals surface area contributed by atoms with Gasteiger partial charge in [0.05, 0.1) is 6.33 Å². The van der Waals surface area contributed by atoms with Gasteiger partial charge in [0.1, 0.15) is 0 Å². The molecule has 0 saturated carbocycles. The summed E-state index contributed by atoms with van der Waals surface area (Å²) in [6.45, 7) is 3.58. The first-order valence-electron chi connectivity index (χ1n) is 8.30. The Kier molecular flexibility index (Phi) is 5.42. The summed E-state index contributed by atoms with van der Waals surface area (Å²) < 4.78 is 2.04. The van der Waals surface area contributed by atoms with Crippen molar-refractivity contribution >= 4 is 5.91 Å². The van der Waals surface area contributed by atoms with Gasteiger partial charge >= 0.3 is 0 Å². The number of carbonyl (C=O) groups excluding carboxylic acids is 1. The van der Waals surface area contributed by atoms with Crippen molar-refractivity contribution in [2.45, 2.75) is 32.4 Å². The Morgan fingerprint density at radius 1 is 1.30 bits per heavy atom. The lowest BCUT2D eigenvalue weighted by atomic mass is 10.0. The second-order valence-electron chi connectivity index (χ2n) is 6.23. The zero-order valence-electron chi connectivity index (χ0n) is 13.4. The maximum Gasteiger partial charge on any atom is 0.220 e. The molecule has 1 aliphatic heterocycles. The highest BCUT2D eigenvalue weighted by Gasteiger charge is 2.15. The first-order chi connectivity index (χ1) is 11.3. The van der Waals surface area contributed by atoms with Crippen LogP contribution in [-0.2, 0) is 17.9 Å². The van der Waals surface area contributed by atoms with Crippen LogP contribution in [0.3, 0.4) is 0 Å². The van der Waals surface area contributed by atoms with Crippen LogP contribution in [0.4, 0.5) is 0 Å². The van der Waals surface area contributed by atoms with E-state index in [2.05, 4.69) is 39.9 Å². The van der Waals surface area contributed by atoms with Crippen LogP contribution in [-0.4, -0.2) is 28.5 Å². The fraction of sp³-hybridized carbons (Fsp3) is 0.444. The summed E-state index contributed by atoms with van der Waals surface area (Å²) in [6, 6.07) is 8.36. The Hall–Kier alpha value is -2.14. The number of amides is 1. The van der Waals surface area contributed by atoms with E-state index in [-0.39, 0.29) is 5.91 Å². The van der Waals surface area contributed by atoms with Gasteiger partial charge in [-0.2, -0.15) is 0 Å². The van der Waals surface area contributed by atoms with Gasteiger partial charge in [-0.25, -0.2) is 4.98 Å². The van der Waals surface area contributed by atoms with Gasteiger partial charge in [-0.15, -0.1) is 0 Å². The average Bonchev–Trinajstić information content (AvgIpc) is 3.26. The molecule has 23 heavy (non-hydrogen) atoms. The number of nitrogens with zero attached hydrogens (tertiary/aromatic N) is 2. The first-order valence-corrected chi connectivity index (χ1v) is 8.30. The Morgan fingerprint density at radius 3 is 2.83 bits per heavy atom. The summed E-state index contributed by atoms with van der Waals surface area (Å²) in [6.07, 6.45) is 8.37. The van der Waals surface area contributed by atoms with E-state index in [9.17, 15) is 4.79 Å². The van der Waals surface area contributed by atoms with Gasteiger partial charge in [-0.3, -0.25) is 4.79 Å². The summed E-state index contributed by atoms with van der Waals surface area (Å²) in [5.74, 6) is 0.822. The molecule has 1 aromatic heterocycles. The first kappa shape index (κ1) is 15.7. The molecular weight excluding hydrogens is 288 g/mol. The minimum absolute atomic E-state index is 0.152. The van der Waals surface area contributed by atoms with E-state index < -0.39 is 0 Å². The van der Waals surface area contributed by atoms with Crippen LogP contribution in [0.25, 0.3) is 0 Å². The summed E-state index contributed by atoms with van der Waals surface area (Å²) in [4.78, 5) is 16.0. The standard InChI is InChI=1S/C18H24N4O/c23-18(6-5-16-7-8-19-11-16)21-12-15-1-3-17(4-2-15)13-22-10-9-20-14-22/h1-4,9-10,14,16,19H,5-8,11-13H2,(H,21,23). The van der Waals surface area contributed by atoms with Gasteiger partial charge in [-0.05, 0) is 43.0 Å². The summed E-state index contributed by atoms with van der Waals surface area (Å²) >= 11 is 0. The van der Waals surface area contributed by atoms with Crippen LogP contribution in [0, 0.1) is 5.92 Å². The topological polar surface area (TPSA) is 59.0 Å². The monoisotopic (exact) mass is 312 g/mol. The number of imidazole rings is 1. The van der Waals surface area contributed by atoms with E-state index in [0.717, 1.165) is 31.6 Å². The van der Waals surface area contributed by atoms with Gasteiger partial charge in [0.2, 0.25) is 5.91 Å². The molecule has 0 bridgehead atoms. The molecule has 0 radical (unpaired) electrons. The van der Waals surface area contributed by atoms with Gasteiger partial charge in [0.25, 0.3) is 0 Å². The molecule has 1 saturated heterocycles. The SMILES string of the molecule is O=C(CCC1CCNC1)NCc1ccc(Cn2ccnc2)cc1. The van der Waals surface area contributed by atoms with E-state index in [4.69, 9.17) is 0 Å². The average molecular weight is 312 g/mol. The fourth-order valence-corrected chi connectivity index (χ4v) is 2.94. The second-order valence-corrected chi connectivity index (χ2v) is 6.23. The number of carbonyl (C=O) groups is 1. The van der Waals surface area contributed by atoms with E-state index in [0.29, 0.717) is 18.9 Å². The Balaban J connectivity index is 1.40. The van der Waals surface area contributed by atoms with E-state index >= 15 is 0 Å². The van der Waals surface area contributed by atoms with Crippen molar-refractivity contribution in [2.24, 2.45) is 5.92 Å². The molecule has 2 N–H and O–H groups in total. The molecule has 0 spiro atoms. The Labute approximate surface area is 137 Å². The smallest absolute Gasteiger partial charge is 0.220 e. The highest BCUT2D eigenvalue weighted by atomic mass is 16.1. The van der Waals surface area contributed by atoms with Gasteiger partial charge in [-0.1, -0.05) is 24.3 Å². The number of hydrogen-bond acceptors (Lipinski definition) is 3. The number of benzene rings is 1. The van der Waals surface area contributed by atoms with Gasteiger partial charge < -0.3 is 15.2 Å². The molecule has 1 unspecified atom stereocenters. The zero-order chi connectivity index (χ0) is 15.9. The molecule has 2 heterocycles. The van der Waals surface area contributed by atoms with Crippen LogP contribution in [0.15, 0.2) is 43.0 Å². The lowest BCUT2D eigenvalue weighted by Crippen LogP contribution is -2.23. The quantitative estimate of drug-likeness (QED) is 0.821. The van der Waals surface area contributed by atoms with Crippen molar-refractivity contribution < 1.29 is 4.79 Å². The lowest BCUT2D eigenvalue weighted by Gasteiger charge is -2.09. The molecule has 122 valence electrons. The number of aromatic nitrogens is 2. The molecule has 1 amide bonds. The molecule has 1 aromatic carbocycles. The van der Waals surface area contributed by atoms with Crippen LogP contribution in [0.5, 0.6) is 0 Å². The molecule has 1 fully saturated rings. The van der Waals surface area contributed by atoms with Gasteiger partial charge in [0.15, 0.2) is 0 Å². The van der Waals surface area contributed by atoms with Crippen molar-refractivity contribution in [2.75, 3.05) is 13.1 Å². The Morgan fingerprint density at radius 2 is 2.13 bits per heavy atom. The molecule has 1 atom stereocenters. The third-order valence-corrected chi connectivity index (χ3v) is 4.38. The van der Waals surface area contributed by atoms with Gasteiger partial charge in [0, 0.05) is 31.9 Å². The van der Waals surface area contributed by atoms with Crippen molar-refractivity contribution in [3.8, 4) is 0 Å². The minimum atomic E-state index is 0.152. The minimum Gasteiger partial charge on any atom is -0.352 e. The largest absolute Gasteiger partial charge is 0.352 e. The molecule has 1 aliphatic rings. The second kappa shape index (κ2) is 7.92. The highest BCUT2D eigenvalue weighted by molar-refractivity contribution is 5.75. The van der Waals surface area contributed by atoms with Crippen molar-refractivity contribution in [1.29, 1.82) is 0 Å². The number of rotatable bonds is 7. The molecule has 0 aliphatic carbocycles.